The molecular formula is C24H27NO3. The molecule has 1 aliphatic heterocycles. The topological polar surface area (TPSA) is 47.6 Å². The first-order valence-electron chi connectivity index (χ1n) is 10.1. The number of hydrogen-bond donors (Lipinski definition) is 1. The number of nitrogens with one attached hydrogen (secondary N) is 1. The molecule has 4 nitrogen and oxygen atoms in total. The molecule has 0 unspecified atom stereocenters. The number of hydrogen-bond acceptors (Lipinski definition) is 3. The lowest BCUT2D eigenvalue weighted by molar-refractivity contribution is -0.118. The van der Waals surface area contributed by atoms with Crippen LogP contribution in [0.3, 0.4) is 0 Å². The molecule has 0 aromatic heterocycles. The molecule has 1 N–H and O–H groups in total. The summed E-state index contributed by atoms with van der Waals surface area (Å²) in [6, 6.07) is 16.2. The van der Waals surface area contributed by atoms with Gasteiger partial charge in [0.1, 0.15) is 0 Å². The molecule has 2 fully saturated rings. The van der Waals surface area contributed by atoms with Crippen molar-refractivity contribution >= 4 is 12.0 Å². The van der Waals surface area contributed by atoms with Gasteiger partial charge in [-0.2, -0.15) is 0 Å². The molecule has 1 amide bonds. The summed E-state index contributed by atoms with van der Waals surface area (Å²) in [5, 5.41) is 3.04. The fourth-order valence-electron chi connectivity index (χ4n) is 4.10. The Labute approximate surface area is 166 Å². The molecular weight excluding hydrogens is 350 g/mol. The van der Waals surface area contributed by atoms with E-state index in [-0.39, 0.29) is 17.9 Å². The fourth-order valence-corrected chi connectivity index (χ4v) is 4.10. The minimum Gasteiger partial charge on any atom is -0.493 e. The SMILES string of the molecule is COc1ccc([C@H]2CNC(=O)/C(=C/c3ccccc3)C2)cc1OC1CCCC1. The Bertz CT molecular complexity index is 853. The van der Waals surface area contributed by atoms with Crippen molar-refractivity contribution in [3.63, 3.8) is 0 Å². The van der Waals surface area contributed by atoms with Gasteiger partial charge in [0.2, 0.25) is 5.91 Å². The Morgan fingerprint density at radius 3 is 2.57 bits per heavy atom. The third-order valence-electron chi connectivity index (χ3n) is 5.66. The first kappa shape index (κ1) is 18.6. The normalized spacial score (nSPS) is 21.5. The minimum atomic E-state index is 0.0241. The van der Waals surface area contributed by atoms with E-state index in [1.807, 2.05) is 42.5 Å². The van der Waals surface area contributed by atoms with E-state index in [0.29, 0.717) is 6.54 Å². The highest BCUT2D eigenvalue weighted by Crippen LogP contribution is 2.36. The second kappa shape index (κ2) is 8.51. The van der Waals surface area contributed by atoms with Gasteiger partial charge < -0.3 is 14.8 Å². The van der Waals surface area contributed by atoms with Gasteiger partial charge in [0, 0.05) is 18.0 Å². The van der Waals surface area contributed by atoms with Crippen LogP contribution in [0.25, 0.3) is 6.08 Å². The smallest absolute Gasteiger partial charge is 0.247 e. The van der Waals surface area contributed by atoms with E-state index >= 15 is 0 Å². The largest absolute Gasteiger partial charge is 0.493 e. The summed E-state index contributed by atoms with van der Waals surface area (Å²) in [6.45, 7) is 0.639. The van der Waals surface area contributed by atoms with Crippen LogP contribution in [0, 0.1) is 0 Å². The first-order valence-corrected chi connectivity index (χ1v) is 10.1. The molecule has 2 aromatic carbocycles. The molecule has 146 valence electrons. The van der Waals surface area contributed by atoms with Crippen molar-refractivity contribution in [1.29, 1.82) is 0 Å². The summed E-state index contributed by atoms with van der Waals surface area (Å²) in [5.74, 6) is 1.84. The van der Waals surface area contributed by atoms with Crippen molar-refractivity contribution in [1.82, 2.24) is 5.32 Å². The van der Waals surface area contributed by atoms with E-state index in [4.69, 9.17) is 9.47 Å². The van der Waals surface area contributed by atoms with Crippen LogP contribution in [0.2, 0.25) is 0 Å². The summed E-state index contributed by atoms with van der Waals surface area (Å²) >= 11 is 0. The van der Waals surface area contributed by atoms with Gasteiger partial charge in [0.15, 0.2) is 11.5 Å². The lowest BCUT2D eigenvalue weighted by Crippen LogP contribution is -2.35. The van der Waals surface area contributed by atoms with Gasteiger partial charge in [-0.3, -0.25) is 4.79 Å². The number of ether oxygens (including phenoxy) is 2. The van der Waals surface area contributed by atoms with Crippen LogP contribution in [0.15, 0.2) is 54.1 Å². The second-order valence-corrected chi connectivity index (χ2v) is 7.63. The molecule has 2 aliphatic rings. The van der Waals surface area contributed by atoms with E-state index in [1.54, 1.807) is 7.11 Å². The van der Waals surface area contributed by atoms with Crippen molar-refractivity contribution in [2.75, 3.05) is 13.7 Å². The molecule has 4 rings (SSSR count). The number of carbonyl (C=O) groups is 1. The predicted octanol–water partition coefficient (Wildman–Crippen LogP) is 4.70. The van der Waals surface area contributed by atoms with Gasteiger partial charge in [-0.15, -0.1) is 0 Å². The van der Waals surface area contributed by atoms with Crippen molar-refractivity contribution < 1.29 is 14.3 Å². The Hall–Kier alpha value is -2.75. The van der Waals surface area contributed by atoms with Crippen molar-refractivity contribution in [2.24, 2.45) is 0 Å². The van der Waals surface area contributed by atoms with Crippen molar-refractivity contribution in [3.05, 3.63) is 65.2 Å². The molecule has 2 aromatic rings. The van der Waals surface area contributed by atoms with Gasteiger partial charge in [0.05, 0.1) is 13.2 Å². The van der Waals surface area contributed by atoms with Crippen LogP contribution in [0.1, 0.15) is 49.1 Å². The zero-order valence-electron chi connectivity index (χ0n) is 16.3. The van der Waals surface area contributed by atoms with E-state index in [0.717, 1.165) is 41.9 Å². The molecule has 0 bridgehead atoms. The molecule has 0 spiro atoms. The first-order chi connectivity index (χ1) is 13.7. The van der Waals surface area contributed by atoms with Crippen molar-refractivity contribution in [3.8, 4) is 11.5 Å². The Morgan fingerprint density at radius 2 is 1.82 bits per heavy atom. The summed E-state index contributed by atoms with van der Waals surface area (Å²) in [7, 11) is 1.68. The average molecular weight is 377 g/mol. The fraction of sp³-hybridized carbons (Fsp3) is 0.375. The van der Waals surface area contributed by atoms with Gasteiger partial charge in [-0.05, 0) is 61.4 Å². The molecule has 4 heteroatoms. The third-order valence-corrected chi connectivity index (χ3v) is 5.66. The lowest BCUT2D eigenvalue weighted by atomic mass is 9.87. The van der Waals surface area contributed by atoms with Crippen LogP contribution in [0.5, 0.6) is 11.5 Å². The molecule has 1 atom stereocenters. The number of benzene rings is 2. The highest BCUT2D eigenvalue weighted by molar-refractivity contribution is 5.98. The average Bonchev–Trinajstić information content (AvgIpc) is 3.23. The maximum atomic E-state index is 12.3. The van der Waals surface area contributed by atoms with Gasteiger partial charge >= 0.3 is 0 Å². The van der Waals surface area contributed by atoms with E-state index in [1.165, 1.54) is 18.4 Å². The zero-order valence-corrected chi connectivity index (χ0v) is 16.3. The second-order valence-electron chi connectivity index (χ2n) is 7.63. The number of methoxy groups -OCH3 is 1. The van der Waals surface area contributed by atoms with Crippen LogP contribution < -0.4 is 14.8 Å². The number of carbonyl (C=O) groups excluding carboxylic acids is 1. The zero-order chi connectivity index (χ0) is 19.3. The lowest BCUT2D eigenvalue weighted by Gasteiger charge is -2.26. The monoisotopic (exact) mass is 377 g/mol. The van der Waals surface area contributed by atoms with Crippen LogP contribution >= 0.6 is 0 Å². The molecule has 1 saturated carbocycles. The van der Waals surface area contributed by atoms with Gasteiger partial charge in [-0.1, -0.05) is 36.4 Å². The number of piperidine rings is 1. The highest BCUT2D eigenvalue weighted by Gasteiger charge is 2.26. The quantitative estimate of drug-likeness (QED) is 0.768. The summed E-state index contributed by atoms with van der Waals surface area (Å²) < 4.78 is 11.8. The highest BCUT2D eigenvalue weighted by atomic mass is 16.5. The molecule has 0 radical (unpaired) electrons. The summed E-state index contributed by atoms with van der Waals surface area (Å²) in [6.07, 6.45) is 7.66. The number of rotatable bonds is 5. The van der Waals surface area contributed by atoms with Crippen molar-refractivity contribution in [2.45, 2.75) is 44.1 Å². The Morgan fingerprint density at radius 1 is 1.04 bits per heavy atom. The summed E-state index contributed by atoms with van der Waals surface area (Å²) in [4.78, 5) is 12.3. The van der Waals surface area contributed by atoms with E-state index in [2.05, 4.69) is 17.4 Å². The summed E-state index contributed by atoms with van der Waals surface area (Å²) in [5.41, 5.74) is 3.04. The van der Waals surface area contributed by atoms with Gasteiger partial charge in [0.25, 0.3) is 0 Å². The predicted molar refractivity (Wildman–Crippen MR) is 111 cm³/mol. The Balaban J connectivity index is 1.56. The van der Waals surface area contributed by atoms with Crippen LogP contribution in [-0.2, 0) is 4.79 Å². The van der Waals surface area contributed by atoms with E-state index in [9.17, 15) is 4.79 Å². The molecule has 28 heavy (non-hydrogen) atoms. The van der Waals surface area contributed by atoms with Crippen LogP contribution in [-0.4, -0.2) is 25.7 Å². The standard InChI is InChI=1S/C24H27NO3/c1-27-22-12-11-18(15-23(22)28-21-9-5-6-10-21)20-14-19(24(26)25-16-20)13-17-7-3-2-4-8-17/h2-4,7-8,11-13,15,20-21H,5-6,9-10,14,16H2,1H3,(H,25,26)/b19-13+/t20-/m1/s1. The minimum absolute atomic E-state index is 0.0241. The third kappa shape index (κ3) is 4.22. The van der Waals surface area contributed by atoms with E-state index < -0.39 is 0 Å². The molecule has 1 saturated heterocycles. The Kier molecular flexibility index (Phi) is 5.65. The number of amides is 1. The van der Waals surface area contributed by atoms with Crippen LogP contribution in [0.4, 0.5) is 0 Å². The molecule has 1 heterocycles. The maximum Gasteiger partial charge on any atom is 0.247 e. The molecule has 1 aliphatic carbocycles. The van der Waals surface area contributed by atoms with Gasteiger partial charge in [-0.25, -0.2) is 0 Å². The maximum absolute atomic E-state index is 12.3.